The van der Waals surface area contributed by atoms with E-state index in [2.05, 4.69) is 302 Å². The van der Waals surface area contributed by atoms with Crippen LogP contribution in [0.3, 0.4) is 0 Å². The zero-order valence-corrected chi connectivity index (χ0v) is 42.2. The summed E-state index contributed by atoms with van der Waals surface area (Å²) < 4.78 is 0. The molecule has 12 aromatic rings. The Labute approximate surface area is 446 Å². The number of fused-ring (bicyclic) bond motifs is 7. The summed E-state index contributed by atoms with van der Waals surface area (Å²) in [6, 6.07) is 105. The van der Waals surface area contributed by atoms with E-state index in [1.807, 2.05) is 0 Å². The summed E-state index contributed by atoms with van der Waals surface area (Å²) in [6.45, 7) is 0. The van der Waals surface area contributed by atoms with Gasteiger partial charge in [0.2, 0.25) is 0 Å². The number of para-hydroxylation sites is 2. The molecule has 0 unspecified atom stereocenters. The Bertz CT molecular complexity index is 4060. The lowest BCUT2D eigenvalue weighted by atomic mass is 9.75. The van der Waals surface area contributed by atoms with Crippen molar-refractivity contribution in [1.29, 1.82) is 0 Å². The highest BCUT2D eigenvalue weighted by Gasteiger charge is 2.47. The summed E-state index contributed by atoms with van der Waals surface area (Å²) in [5.41, 5.74) is 26.2. The van der Waals surface area contributed by atoms with Crippen molar-refractivity contribution in [1.82, 2.24) is 0 Å². The molecule has 76 heavy (non-hydrogen) atoms. The largest absolute Gasteiger partial charge is 0.310 e. The van der Waals surface area contributed by atoms with Gasteiger partial charge in [0, 0.05) is 22.5 Å². The van der Waals surface area contributed by atoms with Gasteiger partial charge in [-0.2, -0.15) is 0 Å². The van der Waals surface area contributed by atoms with Gasteiger partial charge in [0.1, 0.15) is 0 Å². The molecular formula is C75H53N. The van der Waals surface area contributed by atoms with Crippen LogP contribution in [0.15, 0.2) is 285 Å². The molecule has 1 nitrogen and oxygen atoms in total. The SMILES string of the molecule is C(=C\c1ccc2cc(-c3cc(-c4ccccc4)c(-c4ccccc4)c(-c4ccccc4)c3-c3ccccc3)ccc2c1)/c1ccc2c(c1)C1(Cc3ccccc3C1)c1cc(N(c3ccccc3)c3ccccc3)ccc1-2. The lowest BCUT2D eigenvalue weighted by Crippen LogP contribution is -2.26. The molecular weight excluding hydrogens is 915 g/mol. The number of hydrogen-bond donors (Lipinski definition) is 0. The van der Waals surface area contributed by atoms with Crippen molar-refractivity contribution in [2.24, 2.45) is 0 Å². The predicted octanol–water partition coefficient (Wildman–Crippen LogP) is 19.9. The fourth-order valence-corrected chi connectivity index (χ4v) is 12.5. The average Bonchev–Trinajstić information content (AvgIpc) is 4.19. The first-order valence-corrected chi connectivity index (χ1v) is 26.6. The third kappa shape index (κ3) is 7.97. The molecule has 2 aliphatic rings. The maximum atomic E-state index is 2.49. The summed E-state index contributed by atoms with van der Waals surface area (Å²) in [4.78, 5) is 2.40. The maximum Gasteiger partial charge on any atom is 0.0465 e. The zero-order chi connectivity index (χ0) is 50.4. The Balaban J connectivity index is 0.847. The van der Waals surface area contributed by atoms with E-state index in [9.17, 15) is 0 Å². The molecule has 1 spiro atoms. The number of rotatable bonds is 10. The Morgan fingerprint density at radius 1 is 0.276 bits per heavy atom. The van der Waals surface area contributed by atoms with E-state index in [0.29, 0.717) is 0 Å². The van der Waals surface area contributed by atoms with Crippen molar-refractivity contribution in [3.8, 4) is 66.8 Å². The second-order valence-electron chi connectivity index (χ2n) is 20.5. The summed E-state index contributed by atoms with van der Waals surface area (Å²) in [6.07, 6.45) is 6.56. The standard InChI is InChI=1S/C75H53N/c1-7-21-54(22-8-1)68-49-69(73(56-25-11-3-12-26-56)74(57-27-13-4-14-28-57)72(68)55-23-9-2-10-24-55)60-41-40-58-45-52(37-39-59(58)47-60)35-36-53-38-43-66-67-44-42-65(76(63-31-15-5-16-32-63)64-33-17-6-18-34-64)48-71(67)75(70(66)46-53)50-61-29-19-20-30-62(61)51-75/h1-49H,50-51H2/b36-35+. The monoisotopic (exact) mass is 967 g/mol. The summed E-state index contributed by atoms with van der Waals surface area (Å²) >= 11 is 0. The molecule has 0 saturated heterocycles. The van der Waals surface area contributed by atoms with E-state index in [0.717, 1.165) is 24.2 Å². The minimum atomic E-state index is -0.167. The van der Waals surface area contributed by atoms with Crippen LogP contribution in [0, 0.1) is 0 Å². The topological polar surface area (TPSA) is 3.24 Å². The van der Waals surface area contributed by atoms with Crippen molar-refractivity contribution < 1.29 is 0 Å². The first-order chi connectivity index (χ1) is 37.6. The van der Waals surface area contributed by atoms with Crippen molar-refractivity contribution in [3.05, 3.63) is 318 Å². The normalized spacial score (nSPS) is 12.9. The van der Waals surface area contributed by atoms with Crippen molar-refractivity contribution in [2.75, 3.05) is 4.90 Å². The van der Waals surface area contributed by atoms with Gasteiger partial charge in [0.05, 0.1) is 0 Å². The van der Waals surface area contributed by atoms with E-state index in [1.165, 1.54) is 117 Å². The lowest BCUT2D eigenvalue weighted by molar-refractivity contribution is 0.563. The van der Waals surface area contributed by atoms with Crippen molar-refractivity contribution >= 4 is 40.0 Å². The van der Waals surface area contributed by atoms with Gasteiger partial charge < -0.3 is 4.90 Å². The number of benzene rings is 12. The molecule has 0 aromatic heterocycles. The Morgan fingerprint density at radius 3 is 1.26 bits per heavy atom. The smallest absolute Gasteiger partial charge is 0.0465 e. The molecule has 0 fully saturated rings. The molecule has 1 heteroatoms. The molecule has 0 atom stereocenters. The highest BCUT2D eigenvalue weighted by Crippen LogP contribution is 2.57. The highest BCUT2D eigenvalue weighted by atomic mass is 15.1. The van der Waals surface area contributed by atoms with Crippen LogP contribution in [-0.4, -0.2) is 0 Å². The van der Waals surface area contributed by atoms with Gasteiger partial charge in [0.15, 0.2) is 0 Å². The fraction of sp³-hybridized carbons (Fsp3) is 0.0400. The van der Waals surface area contributed by atoms with Gasteiger partial charge >= 0.3 is 0 Å². The molecule has 0 radical (unpaired) electrons. The van der Waals surface area contributed by atoms with Gasteiger partial charge in [-0.15, -0.1) is 0 Å². The first-order valence-electron chi connectivity index (χ1n) is 26.6. The van der Waals surface area contributed by atoms with Crippen LogP contribution in [0.1, 0.15) is 33.4 Å². The molecule has 0 bridgehead atoms. The number of nitrogens with zero attached hydrogens (tertiary/aromatic N) is 1. The predicted molar refractivity (Wildman–Crippen MR) is 321 cm³/mol. The van der Waals surface area contributed by atoms with Gasteiger partial charge in [-0.1, -0.05) is 243 Å². The molecule has 12 aromatic carbocycles. The van der Waals surface area contributed by atoms with Gasteiger partial charge in [0.25, 0.3) is 0 Å². The Kier molecular flexibility index (Phi) is 11.3. The molecule has 0 saturated carbocycles. The molecule has 14 rings (SSSR count). The van der Waals surface area contributed by atoms with Crippen molar-refractivity contribution in [2.45, 2.75) is 18.3 Å². The Hall–Kier alpha value is -9.56. The zero-order valence-electron chi connectivity index (χ0n) is 42.2. The highest BCUT2D eigenvalue weighted by molar-refractivity contribution is 6.08. The fourth-order valence-electron chi connectivity index (χ4n) is 12.5. The number of anilines is 3. The van der Waals surface area contributed by atoms with Crippen LogP contribution < -0.4 is 4.90 Å². The molecule has 0 aliphatic heterocycles. The molecule has 0 N–H and O–H groups in total. The number of hydrogen-bond acceptors (Lipinski definition) is 1. The van der Waals surface area contributed by atoms with Crippen LogP contribution in [0.5, 0.6) is 0 Å². The minimum Gasteiger partial charge on any atom is -0.310 e. The van der Waals surface area contributed by atoms with Crippen molar-refractivity contribution in [3.63, 3.8) is 0 Å². The van der Waals surface area contributed by atoms with Crippen LogP contribution >= 0.6 is 0 Å². The first kappa shape index (κ1) is 45.1. The van der Waals surface area contributed by atoms with E-state index in [1.54, 1.807) is 0 Å². The van der Waals surface area contributed by atoms with Gasteiger partial charge in [-0.3, -0.25) is 0 Å². The lowest BCUT2D eigenvalue weighted by Gasteiger charge is -2.30. The second kappa shape index (κ2) is 19.0. The third-order valence-electron chi connectivity index (χ3n) is 16.0. The maximum absolute atomic E-state index is 2.49. The van der Waals surface area contributed by atoms with Crippen LogP contribution in [-0.2, 0) is 18.3 Å². The third-order valence-corrected chi connectivity index (χ3v) is 16.0. The summed E-state index contributed by atoms with van der Waals surface area (Å²) in [5, 5.41) is 2.42. The summed E-state index contributed by atoms with van der Waals surface area (Å²) in [7, 11) is 0. The van der Waals surface area contributed by atoms with Crippen LogP contribution in [0.25, 0.3) is 89.7 Å². The molecule has 358 valence electrons. The molecule has 0 amide bonds. The van der Waals surface area contributed by atoms with Gasteiger partial charge in [-0.05, 0) is 178 Å². The quantitative estimate of drug-likeness (QED) is 0.123. The van der Waals surface area contributed by atoms with E-state index < -0.39 is 0 Å². The van der Waals surface area contributed by atoms with Crippen LogP contribution in [0.4, 0.5) is 17.1 Å². The van der Waals surface area contributed by atoms with E-state index in [4.69, 9.17) is 0 Å². The van der Waals surface area contributed by atoms with Gasteiger partial charge in [-0.25, -0.2) is 0 Å². The molecule has 2 aliphatic carbocycles. The van der Waals surface area contributed by atoms with E-state index >= 15 is 0 Å². The Morgan fingerprint density at radius 2 is 0.697 bits per heavy atom. The average molecular weight is 968 g/mol. The second-order valence-corrected chi connectivity index (χ2v) is 20.5. The van der Waals surface area contributed by atoms with E-state index in [-0.39, 0.29) is 5.41 Å². The van der Waals surface area contributed by atoms with Crippen LogP contribution in [0.2, 0.25) is 0 Å². The minimum absolute atomic E-state index is 0.167. The molecule has 0 heterocycles. The summed E-state index contributed by atoms with van der Waals surface area (Å²) in [5.74, 6) is 0.